The maximum Gasteiger partial charge on any atom is 0.249 e. The molecule has 0 saturated carbocycles. The second-order valence-corrected chi connectivity index (χ2v) is 7.28. The highest BCUT2D eigenvalue weighted by Crippen LogP contribution is 2.27. The van der Waals surface area contributed by atoms with Crippen LogP contribution in [-0.2, 0) is 13.1 Å². The molecule has 31 heavy (non-hydrogen) atoms. The average molecular weight is 418 g/mol. The van der Waals surface area contributed by atoms with E-state index in [9.17, 15) is 9.18 Å². The second kappa shape index (κ2) is 8.53. The zero-order valence-electron chi connectivity index (χ0n) is 17.3. The molecule has 0 aliphatic carbocycles. The fourth-order valence-electron chi connectivity index (χ4n) is 3.63. The summed E-state index contributed by atoms with van der Waals surface area (Å²) in [6.07, 6.45) is 1.74. The van der Waals surface area contributed by atoms with Gasteiger partial charge in [0.05, 0.1) is 11.1 Å². The normalized spacial score (nSPS) is 11.1. The number of benzene rings is 2. The second-order valence-electron chi connectivity index (χ2n) is 7.28. The third kappa shape index (κ3) is 4.10. The highest BCUT2D eigenvalue weighted by atomic mass is 19.1. The van der Waals surface area contributed by atoms with Gasteiger partial charge in [-0.1, -0.05) is 30.3 Å². The molecule has 0 spiro atoms. The maximum absolute atomic E-state index is 14.2. The summed E-state index contributed by atoms with van der Waals surface area (Å²) < 4.78 is 16.0. The van der Waals surface area contributed by atoms with Crippen molar-refractivity contribution in [2.75, 3.05) is 12.4 Å². The molecule has 4 N–H and O–H groups in total. The summed E-state index contributed by atoms with van der Waals surface area (Å²) in [5.74, 6) is -0.174. The van der Waals surface area contributed by atoms with E-state index in [2.05, 4.69) is 15.6 Å². The first-order chi connectivity index (χ1) is 15.0. The molecule has 4 rings (SSSR count). The van der Waals surface area contributed by atoms with E-state index in [4.69, 9.17) is 10.7 Å². The number of fused-ring (bicyclic) bond motifs is 1. The van der Waals surface area contributed by atoms with Crippen molar-refractivity contribution in [1.82, 2.24) is 19.9 Å². The molecule has 158 valence electrons. The smallest absolute Gasteiger partial charge is 0.249 e. The number of nitrogens with one attached hydrogen (secondary N) is 2. The SMILES string of the molecule is CNCc1cnc(-n2c(C)cc3c(C(N)=O)cc(F)cc32)nc1NCc1ccccc1. The molecule has 0 unspecified atom stereocenters. The van der Waals surface area contributed by atoms with E-state index in [0.717, 1.165) is 22.9 Å². The van der Waals surface area contributed by atoms with Crippen LogP contribution in [0.25, 0.3) is 16.9 Å². The lowest BCUT2D eigenvalue weighted by molar-refractivity contribution is 0.100. The molecule has 0 aliphatic heterocycles. The van der Waals surface area contributed by atoms with Gasteiger partial charge >= 0.3 is 0 Å². The number of halogens is 1. The quantitative estimate of drug-likeness (QED) is 0.428. The molecular weight excluding hydrogens is 395 g/mol. The predicted molar refractivity (Wildman–Crippen MR) is 119 cm³/mol. The molecule has 8 heteroatoms. The van der Waals surface area contributed by atoms with Gasteiger partial charge in [-0.2, -0.15) is 4.98 Å². The Morgan fingerprint density at radius 1 is 1.16 bits per heavy atom. The number of anilines is 1. The zero-order chi connectivity index (χ0) is 22.0. The van der Waals surface area contributed by atoms with Crippen LogP contribution in [0.15, 0.2) is 54.7 Å². The van der Waals surface area contributed by atoms with E-state index in [1.807, 2.05) is 44.3 Å². The summed E-state index contributed by atoms with van der Waals surface area (Å²) in [6.45, 7) is 3.04. The van der Waals surface area contributed by atoms with Crippen molar-refractivity contribution in [3.8, 4) is 5.95 Å². The number of aromatic nitrogens is 3. The van der Waals surface area contributed by atoms with Gasteiger partial charge in [0.1, 0.15) is 11.6 Å². The minimum atomic E-state index is -0.683. The van der Waals surface area contributed by atoms with E-state index in [1.165, 1.54) is 6.07 Å². The standard InChI is InChI=1S/C23H23FN6O/c1-14-8-18-19(21(25)31)9-17(24)10-20(18)30(14)23-28-13-16(12-26-2)22(29-23)27-11-15-6-4-3-5-7-15/h3-10,13,26H,11-12H2,1-2H3,(H2,25,31)(H,27,28,29). The summed E-state index contributed by atoms with van der Waals surface area (Å²) in [5.41, 5.74) is 8.86. The Morgan fingerprint density at radius 2 is 1.94 bits per heavy atom. The lowest BCUT2D eigenvalue weighted by Gasteiger charge is -2.14. The molecule has 7 nitrogen and oxygen atoms in total. The van der Waals surface area contributed by atoms with Gasteiger partial charge in [-0.3, -0.25) is 9.36 Å². The number of rotatable bonds is 7. The largest absolute Gasteiger partial charge is 0.366 e. The number of carbonyl (C=O) groups excluding carboxylic acids is 1. The first-order valence-electron chi connectivity index (χ1n) is 9.88. The van der Waals surface area contributed by atoms with Crippen LogP contribution in [-0.4, -0.2) is 27.5 Å². The van der Waals surface area contributed by atoms with Gasteiger partial charge in [0.25, 0.3) is 0 Å². The number of nitrogens with zero attached hydrogens (tertiary/aromatic N) is 3. The molecule has 0 bridgehead atoms. The number of hydrogen-bond donors (Lipinski definition) is 3. The molecule has 2 heterocycles. The van der Waals surface area contributed by atoms with E-state index in [1.54, 1.807) is 16.8 Å². The highest BCUT2D eigenvalue weighted by Gasteiger charge is 2.18. The summed E-state index contributed by atoms with van der Waals surface area (Å²) >= 11 is 0. The lowest BCUT2D eigenvalue weighted by Crippen LogP contribution is -2.14. The first-order valence-corrected chi connectivity index (χ1v) is 9.88. The summed E-state index contributed by atoms with van der Waals surface area (Å²) in [7, 11) is 1.85. The van der Waals surface area contributed by atoms with E-state index in [0.29, 0.717) is 35.8 Å². The molecule has 0 radical (unpaired) electrons. The Bertz CT molecular complexity index is 1250. The van der Waals surface area contributed by atoms with Crippen LogP contribution in [0.1, 0.15) is 27.2 Å². The fourth-order valence-corrected chi connectivity index (χ4v) is 3.63. The number of aryl methyl sites for hydroxylation is 1. The summed E-state index contributed by atoms with van der Waals surface area (Å²) in [4.78, 5) is 21.0. The van der Waals surface area contributed by atoms with Crippen LogP contribution in [0, 0.1) is 12.7 Å². The molecular formula is C23H23FN6O. The summed E-state index contributed by atoms with van der Waals surface area (Å²) in [6, 6.07) is 14.3. The fraction of sp³-hybridized carbons (Fsp3) is 0.174. The Hall–Kier alpha value is -3.78. The van der Waals surface area contributed by atoms with Gasteiger partial charge in [-0.25, -0.2) is 9.37 Å². The predicted octanol–water partition coefficient (Wildman–Crippen LogP) is 3.30. The van der Waals surface area contributed by atoms with Crippen LogP contribution in [0.4, 0.5) is 10.2 Å². The topological polar surface area (TPSA) is 97.9 Å². The molecule has 2 aromatic carbocycles. The average Bonchev–Trinajstić information content (AvgIpc) is 3.08. The minimum absolute atomic E-state index is 0.131. The van der Waals surface area contributed by atoms with Gasteiger partial charge in [0.2, 0.25) is 11.9 Å². The molecule has 4 aromatic rings. The van der Waals surface area contributed by atoms with Crippen molar-refractivity contribution in [2.24, 2.45) is 5.73 Å². The van der Waals surface area contributed by atoms with Crippen LogP contribution in [0.3, 0.4) is 0 Å². The van der Waals surface area contributed by atoms with Crippen molar-refractivity contribution >= 4 is 22.6 Å². The first kappa shape index (κ1) is 20.5. The maximum atomic E-state index is 14.2. The van der Waals surface area contributed by atoms with Crippen molar-refractivity contribution in [3.05, 3.63) is 82.9 Å². The number of primary amides is 1. The monoisotopic (exact) mass is 418 g/mol. The van der Waals surface area contributed by atoms with Gasteiger partial charge in [0, 0.05) is 35.9 Å². The molecule has 2 aromatic heterocycles. The third-order valence-corrected chi connectivity index (χ3v) is 5.06. The molecule has 1 amide bonds. The van der Waals surface area contributed by atoms with Gasteiger partial charge in [-0.15, -0.1) is 0 Å². The van der Waals surface area contributed by atoms with Crippen molar-refractivity contribution < 1.29 is 9.18 Å². The Labute approximate surface area is 179 Å². The van der Waals surface area contributed by atoms with E-state index >= 15 is 0 Å². The van der Waals surface area contributed by atoms with E-state index in [-0.39, 0.29) is 5.56 Å². The van der Waals surface area contributed by atoms with Gasteiger partial charge < -0.3 is 16.4 Å². The zero-order valence-corrected chi connectivity index (χ0v) is 17.3. The van der Waals surface area contributed by atoms with Gasteiger partial charge in [-0.05, 0) is 37.7 Å². The van der Waals surface area contributed by atoms with Crippen molar-refractivity contribution in [2.45, 2.75) is 20.0 Å². The Balaban J connectivity index is 1.80. The van der Waals surface area contributed by atoms with Crippen LogP contribution in [0.5, 0.6) is 0 Å². The lowest BCUT2D eigenvalue weighted by atomic mass is 10.1. The van der Waals surface area contributed by atoms with Crippen molar-refractivity contribution in [1.29, 1.82) is 0 Å². The van der Waals surface area contributed by atoms with Gasteiger partial charge in [0.15, 0.2) is 0 Å². The number of carbonyl (C=O) groups is 1. The highest BCUT2D eigenvalue weighted by molar-refractivity contribution is 6.06. The molecule has 0 fully saturated rings. The van der Waals surface area contributed by atoms with Crippen LogP contribution >= 0.6 is 0 Å². The number of nitrogens with two attached hydrogens (primary N) is 1. The minimum Gasteiger partial charge on any atom is -0.366 e. The Morgan fingerprint density at radius 3 is 2.65 bits per heavy atom. The van der Waals surface area contributed by atoms with Crippen molar-refractivity contribution in [3.63, 3.8) is 0 Å². The van der Waals surface area contributed by atoms with Crippen LogP contribution in [0.2, 0.25) is 0 Å². The van der Waals surface area contributed by atoms with Crippen LogP contribution < -0.4 is 16.4 Å². The molecule has 0 aliphatic rings. The number of hydrogen-bond acceptors (Lipinski definition) is 5. The summed E-state index contributed by atoms with van der Waals surface area (Å²) in [5, 5.41) is 7.05. The third-order valence-electron chi connectivity index (χ3n) is 5.06. The number of amides is 1. The molecule has 0 saturated heterocycles. The Kier molecular flexibility index (Phi) is 5.64. The molecule has 0 atom stereocenters. The van der Waals surface area contributed by atoms with E-state index < -0.39 is 11.7 Å².